The molecule has 11 heavy (non-hydrogen) atoms. The number of methoxy groups -OCH3 is 1. The second-order valence-corrected chi connectivity index (χ2v) is 2.79. The minimum atomic E-state index is 0.716. The van der Waals surface area contributed by atoms with E-state index in [1.54, 1.807) is 7.11 Å². The van der Waals surface area contributed by atoms with Gasteiger partial charge < -0.3 is 4.74 Å². The summed E-state index contributed by atoms with van der Waals surface area (Å²) in [5.74, 6) is 0. The second-order valence-electron chi connectivity index (χ2n) is 2.79. The van der Waals surface area contributed by atoms with E-state index in [1.165, 1.54) is 16.6 Å². The molecule has 0 aliphatic rings. The molecule has 0 saturated heterocycles. The highest BCUT2D eigenvalue weighted by molar-refractivity contribution is 6.34. The maximum atomic E-state index is 5.06. The molecule has 1 aromatic rings. The lowest BCUT2D eigenvalue weighted by Gasteiger charge is -2.06. The fraction of sp³-hybridized carbons (Fsp3) is 0.333. The first-order valence-electron chi connectivity index (χ1n) is 3.79. The van der Waals surface area contributed by atoms with E-state index in [-0.39, 0.29) is 0 Å². The fourth-order valence-electron chi connectivity index (χ4n) is 1.12. The van der Waals surface area contributed by atoms with Gasteiger partial charge in [0.2, 0.25) is 0 Å². The Labute approximate surface area is 68.8 Å². The Hall–Kier alpha value is -0.755. The van der Waals surface area contributed by atoms with Gasteiger partial charge in [-0.05, 0) is 12.5 Å². The van der Waals surface area contributed by atoms with E-state index in [2.05, 4.69) is 33.0 Å². The third-order valence-electron chi connectivity index (χ3n) is 2.02. The molecule has 0 bridgehead atoms. The van der Waals surface area contributed by atoms with E-state index in [4.69, 9.17) is 4.74 Å². The van der Waals surface area contributed by atoms with Crippen molar-refractivity contribution in [3.05, 3.63) is 29.3 Å². The summed E-state index contributed by atoms with van der Waals surface area (Å²) in [6.45, 7) is 2.84. The van der Waals surface area contributed by atoms with Crippen LogP contribution in [0.2, 0.25) is 0 Å². The molecule has 0 heterocycles. The molecule has 58 valence electrons. The van der Waals surface area contributed by atoms with E-state index in [1.807, 2.05) is 0 Å². The van der Waals surface area contributed by atoms with Crippen molar-refractivity contribution >= 4 is 13.3 Å². The summed E-state index contributed by atoms with van der Waals surface area (Å²) in [7, 11) is 3.85. The lowest BCUT2D eigenvalue weighted by Crippen LogP contribution is -2.14. The zero-order valence-electron chi connectivity index (χ0n) is 7.35. The van der Waals surface area contributed by atoms with Crippen molar-refractivity contribution < 1.29 is 4.74 Å². The van der Waals surface area contributed by atoms with Crippen LogP contribution >= 0.6 is 0 Å². The minimum absolute atomic E-state index is 0.716. The number of ether oxygens (including phenoxy) is 1. The Kier molecular flexibility index (Phi) is 2.72. The molecule has 0 aromatic heterocycles. The molecule has 0 N–H and O–H groups in total. The molecule has 2 heteroatoms. The van der Waals surface area contributed by atoms with Gasteiger partial charge in [0, 0.05) is 7.11 Å². The van der Waals surface area contributed by atoms with Gasteiger partial charge in [0.25, 0.3) is 0 Å². The van der Waals surface area contributed by atoms with Crippen molar-refractivity contribution in [1.82, 2.24) is 0 Å². The number of hydrogen-bond acceptors (Lipinski definition) is 1. The van der Waals surface area contributed by atoms with Crippen molar-refractivity contribution in [3.8, 4) is 0 Å². The van der Waals surface area contributed by atoms with Crippen molar-refractivity contribution in [3.63, 3.8) is 0 Å². The maximum absolute atomic E-state index is 5.06. The molecule has 0 spiro atoms. The Morgan fingerprint density at radius 1 is 1.45 bits per heavy atom. The van der Waals surface area contributed by atoms with Gasteiger partial charge in [-0.25, -0.2) is 0 Å². The van der Waals surface area contributed by atoms with Crippen molar-refractivity contribution in [2.24, 2.45) is 0 Å². The third-order valence-corrected chi connectivity index (χ3v) is 2.02. The van der Waals surface area contributed by atoms with Gasteiger partial charge in [-0.3, -0.25) is 0 Å². The first-order valence-corrected chi connectivity index (χ1v) is 3.79. The van der Waals surface area contributed by atoms with Gasteiger partial charge >= 0.3 is 0 Å². The van der Waals surface area contributed by atoms with Crippen LogP contribution in [0.5, 0.6) is 0 Å². The summed E-state index contributed by atoms with van der Waals surface area (Å²) in [5.41, 5.74) is 3.96. The van der Waals surface area contributed by atoms with Gasteiger partial charge in [0.15, 0.2) is 0 Å². The van der Waals surface area contributed by atoms with Crippen LogP contribution in [0.25, 0.3) is 0 Å². The lowest BCUT2D eigenvalue weighted by molar-refractivity contribution is 0.185. The smallest absolute Gasteiger partial charge is 0.140 e. The predicted octanol–water partition coefficient (Wildman–Crippen LogP) is 0.400. The molecule has 0 atom stereocenters. The van der Waals surface area contributed by atoms with E-state index in [0.717, 1.165) is 0 Å². The van der Waals surface area contributed by atoms with E-state index < -0.39 is 0 Å². The largest absolute Gasteiger partial charge is 0.380 e. The summed E-state index contributed by atoms with van der Waals surface area (Å²) in [5, 5.41) is 0. The van der Waals surface area contributed by atoms with Crippen LogP contribution in [0.15, 0.2) is 18.2 Å². The van der Waals surface area contributed by atoms with Gasteiger partial charge in [0.1, 0.15) is 7.85 Å². The molecule has 0 amide bonds. The first kappa shape index (κ1) is 8.34. The Balaban J connectivity index is 2.96. The molecule has 1 aromatic carbocycles. The molecule has 0 fully saturated rings. The SMILES string of the molecule is Bc1c(C)cccc1COC. The van der Waals surface area contributed by atoms with E-state index >= 15 is 0 Å². The summed E-state index contributed by atoms with van der Waals surface area (Å²) < 4.78 is 5.06. The van der Waals surface area contributed by atoms with Crippen LogP contribution in [-0.2, 0) is 11.3 Å². The van der Waals surface area contributed by atoms with E-state index in [0.29, 0.717) is 6.61 Å². The minimum Gasteiger partial charge on any atom is -0.380 e. The van der Waals surface area contributed by atoms with Crippen molar-refractivity contribution in [1.29, 1.82) is 0 Å². The molecule has 1 nitrogen and oxygen atoms in total. The van der Waals surface area contributed by atoms with Gasteiger partial charge in [0.05, 0.1) is 6.61 Å². The van der Waals surface area contributed by atoms with Crippen LogP contribution < -0.4 is 5.46 Å². The van der Waals surface area contributed by atoms with Crippen LogP contribution in [0.3, 0.4) is 0 Å². The Bertz CT molecular complexity index is 245. The summed E-state index contributed by atoms with van der Waals surface area (Å²) in [6, 6.07) is 6.29. The molecular formula is C9H13BO. The molecule has 1 rings (SSSR count). The Morgan fingerprint density at radius 3 is 2.82 bits per heavy atom. The van der Waals surface area contributed by atoms with E-state index in [9.17, 15) is 0 Å². The zero-order chi connectivity index (χ0) is 8.27. The number of rotatable bonds is 2. The standard InChI is InChI=1S/C9H13BO/c1-7-4-3-5-8(6-11-2)9(7)10/h3-5H,6,10H2,1-2H3. The number of hydrogen-bond donors (Lipinski definition) is 0. The Morgan fingerprint density at radius 2 is 2.18 bits per heavy atom. The third kappa shape index (κ3) is 1.84. The summed E-state index contributed by atoms with van der Waals surface area (Å²) in [4.78, 5) is 0. The molecule has 0 saturated carbocycles. The quantitative estimate of drug-likeness (QED) is 0.551. The second kappa shape index (κ2) is 3.58. The normalized spacial score (nSPS) is 10.0. The average molecular weight is 148 g/mol. The molecular weight excluding hydrogens is 135 g/mol. The van der Waals surface area contributed by atoms with Crippen molar-refractivity contribution in [2.75, 3.05) is 7.11 Å². The van der Waals surface area contributed by atoms with Crippen molar-refractivity contribution in [2.45, 2.75) is 13.5 Å². The van der Waals surface area contributed by atoms with Crippen LogP contribution in [0.1, 0.15) is 11.1 Å². The van der Waals surface area contributed by atoms with Gasteiger partial charge in [-0.1, -0.05) is 29.2 Å². The highest BCUT2D eigenvalue weighted by atomic mass is 16.5. The van der Waals surface area contributed by atoms with Crippen LogP contribution in [-0.4, -0.2) is 15.0 Å². The monoisotopic (exact) mass is 148 g/mol. The lowest BCUT2D eigenvalue weighted by atomic mass is 9.87. The number of aryl methyl sites for hydroxylation is 1. The van der Waals surface area contributed by atoms with Crippen LogP contribution in [0, 0.1) is 6.92 Å². The average Bonchev–Trinajstić information content (AvgIpc) is 1.99. The highest BCUT2D eigenvalue weighted by Gasteiger charge is 1.97. The molecule has 0 radical (unpaired) electrons. The van der Waals surface area contributed by atoms with Gasteiger partial charge in [-0.2, -0.15) is 0 Å². The zero-order valence-corrected chi connectivity index (χ0v) is 7.35. The molecule has 0 unspecified atom stereocenters. The summed E-state index contributed by atoms with van der Waals surface area (Å²) in [6.07, 6.45) is 0. The predicted molar refractivity (Wildman–Crippen MR) is 50.1 cm³/mol. The maximum Gasteiger partial charge on any atom is 0.140 e. The fourth-order valence-corrected chi connectivity index (χ4v) is 1.12. The molecule has 0 aliphatic carbocycles. The van der Waals surface area contributed by atoms with Crippen LogP contribution in [0.4, 0.5) is 0 Å². The topological polar surface area (TPSA) is 9.23 Å². The first-order chi connectivity index (χ1) is 5.25. The van der Waals surface area contributed by atoms with Gasteiger partial charge in [-0.15, -0.1) is 0 Å². The summed E-state index contributed by atoms with van der Waals surface area (Å²) >= 11 is 0. The molecule has 0 aliphatic heterocycles. The highest BCUT2D eigenvalue weighted by Crippen LogP contribution is 2.00. The number of benzene rings is 1.